The van der Waals surface area contributed by atoms with Gasteiger partial charge in [0.25, 0.3) is 0 Å². The van der Waals surface area contributed by atoms with Crippen molar-refractivity contribution in [3.05, 3.63) is 26.6 Å². The van der Waals surface area contributed by atoms with Gasteiger partial charge in [0, 0.05) is 20.5 Å². The molecule has 0 saturated carbocycles. The molecule has 0 saturated heterocycles. The number of halogens is 1. The van der Waals surface area contributed by atoms with Gasteiger partial charge in [0.1, 0.15) is 6.29 Å². The molecule has 0 aliphatic heterocycles. The van der Waals surface area contributed by atoms with Crippen molar-refractivity contribution in [2.75, 3.05) is 0 Å². The second-order valence-electron chi connectivity index (χ2n) is 2.60. The van der Waals surface area contributed by atoms with Crippen LogP contribution in [0, 0.1) is 2.88 Å². The van der Waals surface area contributed by atoms with Crippen LogP contribution < -0.4 is 0 Å². The molecule has 1 nitrogen and oxygen atoms in total. The quantitative estimate of drug-likeness (QED) is 0.483. The predicted molar refractivity (Wildman–Crippen MR) is 67.2 cm³/mol. The first kappa shape index (κ1) is 9.48. The Balaban J connectivity index is 2.79. The number of thiol groups is 1. The summed E-state index contributed by atoms with van der Waals surface area (Å²) in [7, 11) is 0. The van der Waals surface area contributed by atoms with Crippen molar-refractivity contribution in [3.8, 4) is 0 Å². The van der Waals surface area contributed by atoms with Crippen LogP contribution in [0.3, 0.4) is 0 Å². The fourth-order valence-corrected chi connectivity index (χ4v) is 3.43. The minimum Gasteiger partial charge on any atom is -0.298 e. The Labute approximate surface area is 98.7 Å². The molecule has 0 atom stereocenters. The third kappa shape index (κ3) is 1.62. The average Bonchev–Trinajstić information content (AvgIpc) is 2.42. The molecule has 4 heteroatoms. The van der Waals surface area contributed by atoms with E-state index >= 15 is 0 Å². The lowest BCUT2D eigenvalue weighted by Gasteiger charge is -1.91. The lowest BCUT2D eigenvalue weighted by molar-refractivity contribution is 0.112. The van der Waals surface area contributed by atoms with Crippen LogP contribution >= 0.6 is 46.6 Å². The SMILES string of the molecule is O=Cc1ccc2c(S)c(I)sc2c1. The Morgan fingerprint density at radius 1 is 1.46 bits per heavy atom. The normalized spacial score (nSPS) is 10.6. The van der Waals surface area contributed by atoms with Crippen molar-refractivity contribution in [2.24, 2.45) is 0 Å². The minimum absolute atomic E-state index is 0.721. The number of fused-ring (bicyclic) bond motifs is 1. The number of carbonyl (C=O) groups excluding carboxylic acids is 1. The summed E-state index contributed by atoms with van der Waals surface area (Å²) in [6.07, 6.45) is 0.865. The highest BCUT2D eigenvalue weighted by Crippen LogP contribution is 2.35. The minimum atomic E-state index is 0.721. The maximum Gasteiger partial charge on any atom is 0.150 e. The monoisotopic (exact) mass is 320 g/mol. The van der Waals surface area contributed by atoms with Crippen LogP contribution in [0.4, 0.5) is 0 Å². The Morgan fingerprint density at radius 3 is 2.92 bits per heavy atom. The topological polar surface area (TPSA) is 17.1 Å². The summed E-state index contributed by atoms with van der Waals surface area (Å²) >= 11 is 8.31. The van der Waals surface area contributed by atoms with Crippen molar-refractivity contribution >= 4 is 62.9 Å². The van der Waals surface area contributed by atoms with Gasteiger partial charge in [0.15, 0.2) is 0 Å². The molecule has 0 aliphatic carbocycles. The van der Waals surface area contributed by atoms with Crippen LogP contribution in [-0.4, -0.2) is 6.29 Å². The summed E-state index contributed by atoms with van der Waals surface area (Å²) in [4.78, 5) is 11.5. The predicted octanol–water partition coefficient (Wildman–Crippen LogP) is 3.61. The second-order valence-corrected chi connectivity index (χ2v) is 5.91. The molecule has 1 aromatic heterocycles. The standard InChI is InChI=1S/C9H5IOS2/c10-9-8(12)6-2-1-5(4-11)3-7(6)13-9/h1-4,12H. The highest BCUT2D eigenvalue weighted by atomic mass is 127. The largest absolute Gasteiger partial charge is 0.298 e. The van der Waals surface area contributed by atoms with Gasteiger partial charge in [-0.1, -0.05) is 12.1 Å². The van der Waals surface area contributed by atoms with Crippen LogP contribution in [0.15, 0.2) is 23.1 Å². The molecule has 0 spiro atoms. The van der Waals surface area contributed by atoms with Crippen molar-refractivity contribution in [1.82, 2.24) is 0 Å². The molecule has 66 valence electrons. The summed E-state index contributed by atoms with van der Waals surface area (Å²) in [6.45, 7) is 0. The Kier molecular flexibility index (Phi) is 2.62. The second kappa shape index (κ2) is 3.59. The van der Waals surface area contributed by atoms with E-state index in [1.807, 2.05) is 18.2 Å². The van der Waals surface area contributed by atoms with Crippen LogP contribution in [0.2, 0.25) is 0 Å². The van der Waals surface area contributed by atoms with Gasteiger partial charge in [-0.25, -0.2) is 0 Å². The highest BCUT2D eigenvalue weighted by molar-refractivity contribution is 14.1. The zero-order valence-electron chi connectivity index (χ0n) is 6.45. The van der Waals surface area contributed by atoms with E-state index in [0.717, 1.165) is 26.8 Å². The van der Waals surface area contributed by atoms with Gasteiger partial charge >= 0.3 is 0 Å². The summed E-state index contributed by atoms with van der Waals surface area (Å²) in [5.41, 5.74) is 0.721. The lowest BCUT2D eigenvalue weighted by Crippen LogP contribution is -1.76. The van der Waals surface area contributed by atoms with Gasteiger partial charge < -0.3 is 0 Å². The maximum atomic E-state index is 10.5. The summed E-state index contributed by atoms with van der Waals surface area (Å²) in [6, 6.07) is 5.66. The molecular weight excluding hydrogens is 315 g/mol. The fourth-order valence-electron chi connectivity index (χ4n) is 1.14. The maximum absolute atomic E-state index is 10.5. The molecule has 13 heavy (non-hydrogen) atoms. The molecule has 2 aromatic rings. The number of rotatable bonds is 1. The molecular formula is C9H5IOS2. The molecule has 2 rings (SSSR count). The fraction of sp³-hybridized carbons (Fsp3) is 0. The first-order chi connectivity index (χ1) is 6.22. The van der Waals surface area contributed by atoms with Crippen molar-refractivity contribution in [3.63, 3.8) is 0 Å². The van der Waals surface area contributed by atoms with E-state index in [0.29, 0.717) is 0 Å². The van der Waals surface area contributed by atoms with Crippen LogP contribution in [-0.2, 0) is 0 Å². The van der Waals surface area contributed by atoms with E-state index in [-0.39, 0.29) is 0 Å². The molecule has 0 fully saturated rings. The van der Waals surface area contributed by atoms with Gasteiger partial charge in [-0.3, -0.25) is 4.79 Å². The van der Waals surface area contributed by atoms with E-state index in [9.17, 15) is 4.79 Å². The number of benzene rings is 1. The zero-order valence-corrected chi connectivity index (χ0v) is 10.3. The van der Waals surface area contributed by atoms with E-state index < -0.39 is 0 Å². The van der Waals surface area contributed by atoms with Gasteiger partial charge in [-0.15, -0.1) is 24.0 Å². The van der Waals surface area contributed by atoms with E-state index in [2.05, 4.69) is 35.2 Å². The van der Waals surface area contributed by atoms with Crippen molar-refractivity contribution in [1.29, 1.82) is 0 Å². The molecule has 0 N–H and O–H groups in total. The lowest BCUT2D eigenvalue weighted by atomic mass is 10.2. The van der Waals surface area contributed by atoms with Gasteiger partial charge in [0.2, 0.25) is 0 Å². The third-order valence-corrected chi connectivity index (χ3v) is 4.97. The summed E-state index contributed by atoms with van der Waals surface area (Å²) in [5, 5.41) is 1.13. The Morgan fingerprint density at radius 2 is 2.23 bits per heavy atom. The first-order valence-electron chi connectivity index (χ1n) is 3.58. The van der Waals surface area contributed by atoms with Gasteiger partial charge in [-0.2, -0.15) is 0 Å². The highest BCUT2D eigenvalue weighted by Gasteiger charge is 2.06. The average molecular weight is 320 g/mol. The molecule has 0 unspecified atom stereocenters. The molecule has 0 bridgehead atoms. The summed E-state index contributed by atoms with van der Waals surface area (Å²) < 4.78 is 2.29. The van der Waals surface area contributed by atoms with Crippen LogP contribution in [0.5, 0.6) is 0 Å². The molecule has 0 aliphatic rings. The third-order valence-electron chi connectivity index (χ3n) is 1.78. The Hall–Kier alpha value is -0.0700. The number of thiophene rings is 1. The molecule has 1 aromatic carbocycles. The number of aldehydes is 1. The Bertz CT molecular complexity index is 476. The van der Waals surface area contributed by atoms with E-state index in [1.54, 1.807) is 11.3 Å². The first-order valence-corrected chi connectivity index (χ1v) is 5.93. The van der Waals surface area contributed by atoms with Crippen molar-refractivity contribution in [2.45, 2.75) is 4.90 Å². The van der Waals surface area contributed by atoms with Gasteiger partial charge in [-0.05, 0) is 28.7 Å². The molecule has 1 heterocycles. The number of carbonyl (C=O) groups is 1. The number of hydrogen-bond donors (Lipinski definition) is 1. The van der Waals surface area contributed by atoms with E-state index in [1.165, 1.54) is 2.88 Å². The van der Waals surface area contributed by atoms with Crippen LogP contribution in [0.1, 0.15) is 10.4 Å². The van der Waals surface area contributed by atoms with Crippen molar-refractivity contribution < 1.29 is 4.79 Å². The molecule has 0 radical (unpaired) electrons. The zero-order chi connectivity index (χ0) is 9.42. The smallest absolute Gasteiger partial charge is 0.150 e. The van der Waals surface area contributed by atoms with Gasteiger partial charge in [0.05, 0.1) is 2.88 Å². The van der Waals surface area contributed by atoms with Crippen LogP contribution in [0.25, 0.3) is 10.1 Å². The molecule has 0 amide bonds. The van der Waals surface area contributed by atoms with E-state index in [4.69, 9.17) is 0 Å². The summed E-state index contributed by atoms with van der Waals surface area (Å²) in [5.74, 6) is 0. The number of hydrogen-bond acceptors (Lipinski definition) is 3.